The number of aromatic nitrogens is 2. The van der Waals surface area contributed by atoms with Gasteiger partial charge in [0.05, 0.1) is 12.7 Å². The zero-order chi connectivity index (χ0) is 19.9. The molecular formula is C23H25N3O2. The number of rotatable bonds is 7. The Hall–Kier alpha value is -3.21. The average Bonchev–Trinajstić information content (AvgIpc) is 2.72. The quantitative estimate of drug-likeness (QED) is 0.681. The summed E-state index contributed by atoms with van der Waals surface area (Å²) in [6, 6.07) is 17.5. The Labute approximate surface area is 165 Å². The highest BCUT2D eigenvalue weighted by atomic mass is 16.5. The first-order valence-corrected chi connectivity index (χ1v) is 9.41. The molecular weight excluding hydrogens is 350 g/mol. The van der Waals surface area contributed by atoms with Crippen molar-refractivity contribution >= 4 is 5.91 Å². The molecule has 0 fully saturated rings. The van der Waals surface area contributed by atoms with E-state index in [0.29, 0.717) is 24.3 Å². The second kappa shape index (κ2) is 9.13. The number of methoxy groups -OCH3 is 1. The molecule has 0 aliphatic rings. The van der Waals surface area contributed by atoms with Crippen molar-refractivity contribution in [1.29, 1.82) is 0 Å². The van der Waals surface area contributed by atoms with E-state index in [4.69, 9.17) is 4.74 Å². The van der Waals surface area contributed by atoms with E-state index in [0.717, 1.165) is 34.8 Å². The maximum Gasteiger partial charge on any atom is 0.255 e. The Morgan fingerprint density at radius 2 is 1.82 bits per heavy atom. The minimum absolute atomic E-state index is 0.165. The fraction of sp³-hybridized carbons (Fsp3) is 0.261. The van der Waals surface area contributed by atoms with Gasteiger partial charge in [0.25, 0.3) is 5.91 Å². The monoisotopic (exact) mass is 375 g/mol. The zero-order valence-electron chi connectivity index (χ0n) is 16.5. The molecule has 0 spiro atoms. The second-order valence-corrected chi connectivity index (χ2v) is 6.65. The van der Waals surface area contributed by atoms with Crippen LogP contribution in [0.3, 0.4) is 0 Å². The summed E-state index contributed by atoms with van der Waals surface area (Å²) in [7, 11) is 1.57. The summed E-state index contributed by atoms with van der Waals surface area (Å²) in [6.45, 7) is 4.52. The molecule has 0 saturated heterocycles. The molecule has 144 valence electrons. The van der Waals surface area contributed by atoms with E-state index in [9.17, 15) is 4.79 Å². The van der Waals surface area contributed by atoms with Crippen LogP contribution in [0.5, 0.6) is 5.75 Å². The van der Waals surface area contributed by atoms with Crippen LogP contribution < -0.4 is 10.1 Å². The highest BCUT2D eigenvalue weighted by Crippen LogP contribution is 2.21. The molecule has 1 N–H and O–H groups in total. The molecule has 1 heterocycles. The standard InChI is InChI=1S/C23H25N3O2/c1-4-19-12-16(2)25-22(26-19)14-18-10-11-21(28-3)20(13-18)23(27)24-15-17-8-6-5-7-9-17/h5-13H,4,14-15H2,1-3H3,(H,24,27). The fourth-order valence-electron chi connectivity index (χ4n) is 3.06. The number of amides is 1. The predicted octanol–water partition coefficient (Wildman–Crippen LogP) is 3.88. The number of nitrogens with one attached hydrogen (secondary N) is 1. The second-order valence-electron chi connectivity index (χ2n) is 6.65. The van der Waals surface area contributed by atoms with Gasteiger partial charge in [-0.15, -0.1) is 0 Å². The van der Waals surface area contributed by atoms with Crippen molar-refractivity contribution in [2.45, 2.75) is 33.2 Å². The zero-order valence-corrected chi connectivity index (χ0v) is 16.5. The lowest BCUT2D eigenvalue weighted by Crippen LogP contribution is -2.23. The van der Waals surface area contributed by atoms with Gasteiger partial charge in [-0.1, -0.05) is 43.3 Å². The van der Waals surface area contributed by atoms with E-state index in [2.05, 4.69) is 22.2 Å². The topological polar surface area (TPSA) is 64.1 Å². The summed E-state index contributed by atoms with van der Waals surface area (Å²) in [6.07, 6.45) is 1.43. The number of benzene rings is 2. The normalized spacial score (nSPS) is 10.5. The van der Waals surface area contributed by atoms with E-state index in [1.54, 1.807) is 7.11 Å². The first-order chi connectivity index (χ1) is 13.6. The van der Waals surface area contributed by atoms with Crippen LogP contribution in [-0.4, -0.2) is 23.0 Å². The van der Waals surface area contributed by atoms with Gasteiger partial charge in [-0.2, -0.15) is 0 Å². The Balaban J connectivity index is 1.79. The lowest BCUT2D eigenvalue weighted by molar-refractivity contribution is 0.0947. The summed E-state index contributed by atoms with van der Waals surface area (Å²) in [5.41, 5.74) is 4.51. The van der Waals surface area contributed by atoms with Gasteiger partial charge in [0.15, 0.2) is 0 Å². The van der Waals surface area contributed by atoms with Gasteiger partial charge in [0.1, 0.15) is 11.6 Å². The SMILES string of the molecule is CCc1cc(C)nc(Cc2ccc(OC)c(C(=O)NCc3ccccc3)c2)n1. The highest BCUT2D eigenvalue weighted by Gasteiger charge is 2.14. The lowest BCUT2D eigenvalue weighted by atomic mass is 10.1. The van der Waals surface area contributed by atoms with Crippen molar-refractivity contribution in [3.63, 3.8) is 0 Å². The summed E-state index contributed by atoms with van der Waals surface area (Å²) in [4.78, 5) is 21.9. The third-order valence-corrected chi connectivity index (χ3v) is 4.48. The van der Waals surface area contributed by atoms with Gasteiger partial charge >= 0.3 is 0 Å². The largest absolute Gasteiger partial charge is 0.496 e. The van der Waals surface area contributed by atoms with E-state index in [1.165, 1.54) is 0 Å². The van der Waals surface area contributed by atoms with Crippen LogP contribution in [0.15, 0.2) is 54.6 Å². The van der Waals surface area contributed by atoms with Crippen molar-refractivity contribution in [2.24, 2.45) is 0 Å². The van der Waals surface area contributed by atoms with Crippen LogP contribution in [0.25, 0.3) is 0 Å². The van der Waals surface area contributed by atoms with Gasteiger partial charge in [0.2, 0.25) is 0 Å². The number of ether oxygens (including phenoxy) is 1. The number of hydrogen-bond acceptors (Lipinski definition) is 4. The van der Waals surface area contributed by atoms with Crippen LogP contribution in [0, 0.1) is 6.92 Å². The smallest absolute Gasteiger partial charge is 0.255 e. The number of carbonyl (C=O) groups excluding carboxylic acids is 1. The molecule has 2 aromatic carbocycles. The molecule has 28 heavy (non-hydrogen) atoms. The van der Waals surface area contributed by atoms with Gasteiger partial charge in [-0.3, -0.25) is 4.79 Å². The number of aryl methyl sites for hydroxylation is 2. The molecule has 0 radical (unpaired) electrons. The van der Waals surface area contributed by atoms with Crippen LogP contribution >= 0.6 is 0 Å². The molecule has 0 atom stereocenters. The summed E-state index contributed by atoms with van der Waals surface area (Å²) < 4.78 is 5.39. The van der Waals surface area contributed by atoms with E-state index < -0.39 is 0 Å². The summed E-state index contributed by atoms with van der Waals surface area (Å²) in [5, 5.41) is 2.96. The molecule has 5 heteroatoms. The van der Waals surface area contributed by atoms with Crippen LogP contribution in [0.2, 0.25) is 0 Å². The van der Waals surface area contributed by atoms with Crippen molar-refractivity contribution in [3.8, 4) is 5.75 Å². The molecule has 5 nitrogen and oxygen atoms in total. The van der Waals surface area contributed by atoms with E-state index in [-0.39, 0.29) is 5.91 Å². The van der Waals surface area contributed by atoms with Crippen molar-refractivity contribution in [3.05, 3.63) is 88.5 Å². The Kier molecular flexibility index (Phi) is 6.37. The fourth-order valence-corrected chi connectivity index (χ4v) is 3.06. The molecule has 1 amide bonds. The average molecular weight is 375 g/mol. The molecule has 3 rings (SSSR count). The first kappa shape index (κ1) is 19.5. The van der Waals surface area contributed by atoms with Gasteiger partial charge in [-0.05, 0) is 42.7 Å². The third kappa shape index (κ3) is 4.94. The maximum absolute atomic E-state index is 12.7. The molecule has 0 bridgehead atoms. The van der Waals surface area contributed by atoms with Crippen LogP contribution in [0.1, 0.15) is 45.6 Å². The van der Waals surface area contributed by atoms with E-state index in [1.807, 2.05) is 61.5 Å². The Morgan fingerprint density at radius 1 is 1.04 bits per heavy atom. The maximum atomic E-state index is 12.7. The van der Waals surface area contributed by atoms with Gasteiger partial charge in [0, 0.05) is 24.4 Å². The van der Waals surface area contributed by atoms with Gasteiger partial charge in [-0.25, -0.2) is 9.97 Å². The number of nitrogens with zero attached hydrogens (tertiary/aromatic N) is 2. The number of hydrogen-bond donors (Lipinski definition) is 1. The third-order valence-electron chi connectivity index (χ3n) is 4.48. The lowest BCUT2D eigenvalue weighted by Gasteiger charge is -2.12. The first-order valence-electron chi connectivity index (χ1n) is 9.41. The van der Waals surface area contributed by atoms with Gasteiger partial charge < -0.3 is 10.1 Å². The Bertz CT molecular complexity index is 955. The van der Waals surface area contributed by atoms with Crippen molar-refractivity contribution in [2.75, 3.05) is 7.11 Å². The molecule has 0 unspecified atom stereocenters. The minimum atomic E-state index is -0.165. The summed E-state index contributed by atoms with van der Waals surface area (Å²) in [5.74, 6) is 1.15. The molecule has 0 aliphatic heterocycles. The van der Waals surface area contributed by atoms with Crippen LogP contribution in [-0.2, 0) is 19.4 Å². The van der Waals surface area contributed by atoms with Crippen LogP contribution in [0.4, 0.5) is 0 Å². The van der Waals surface area contributed by atoms with Crippen molar-refractivity contribution < 1.29 is 9.53 Å². The molecule has 3 aromatic rings. The molecule has 0 saturated carbocycles. The minimum Gasteiger partial charge on any atom is -0.496 e. The molecule has 1 aromatic heterocycles. The number of carbonyl (C=O) groups is 1. The highest BCUT2D eigenvalue weighted by molar-refractivity contribution is 5.97. The predicted molar refractivity (Wildman–Crippen MR) is 110 cm³/mol. The Morgan fingerprint density at radius 3 is 2.54 bits per heavy atom. The summed E-state index contributed by atoms with van der Waals surface area (Å²) >= 11 is 0. The van der Waals surface area contributed by atoms with Crippen molar-refractivity contribution in [1.82, 2.24) is 15.3 Å². The van der Waals surface area contributed by atoms with E-state index >= 15 is 0 Å². The molecule has 0 aliphatic carbocycles.